The van der Waals surface area contributed by atoms with Crippen molar-refractivity contribution in [2.45, 2.75) is 38.2 Å². The Kier molecular flexibility index (Phi) is 3.97. The van der Waals surface area contributed by atoms with Gasteiger partial charge in [0, 0.05) is 18.7 Å². The molecule has 0 spiro atoms. The van der Waals surface area contributed by atoms with E-state index < -0.39 is 0 Å². The van der Waals surface area contributed by atoms with Crippen LogP contribution in [0.1, 0.15) is 36.5 Å². The van der Waals surface area contributed by atoms with Gasteiger partial charge in [-0.2, -0.15) is 4.98 Å². The first kappa shape index (κ1) is 13.1. The fraction of sp³-hybridized carbons (Fsp3) is 0.467. The van der Waals surface area contributed by atoms with Crippen LogP contribution in [-0.4, -0.2) is 22.9 Å². The predicted molar refractivity (Wildman–Crippen MR) is 75.3 cm³/mol. The molecular formula is C15H19N3O2. The highest BCUT2D eigenvalue weighted by Gasteiger charge is 2.17. The summed E-state index contributed by atoms with van der Waals surface area (Å²) in [4.78, 5) is 4.43. The van der Waals surface area contributed by atoms with Crippen molar-refractivity contribution < 1.29 is 9.26 Å². The maximum absolute atomic E-state index is 5.76. The predicted octanol–water partition coefficient (Wildman–Crippen LogP) is 2.35. The van der Waals surface area contributed by atoms with E-state index in [1.165, 1.54) is 6.42 Å². The van der Waals surface area contributed by atoms with Crippen molar-refractivity contribution in [1.29, 1.82) is 0 Å². The van der Waals surface area contributed by atoms with Crippen molar-refractivity contribution in [3.05, 3.63) is 41.5 Å². The Balaban J connectivity index is 1.61. The van der Waals surface area contributed by atoms with Gasteiger partial charge in [0.15, 0.2) is 5.82 Å². The van der Waals surface area contributed by atoms with Gasteiger partial charge < -0.3 is 15.0 Å². The molecule has 1 fully saturated rings. The van der Waals surface area contributed by atoms with Gasteiger partial charge in [0.25, 0.3) is 0 Å². The Morgan fingerprint density at radius 1 is 1.30 bits per heavy atom. The van der Waals surface area contributed by atoms with Crippen LogP contribution in [0.5, 0.6) is 0 Å². The number of rotatable bonds is 4. The summed E-state index contributed by atoms with van der Waals surface area (Å²) in [5.41, 5.74) is 7.58. The second-order valence-electron chi connectivity index (χ2n) is 5.22. The fourth-order valence-electron chi connectivity index (χ4n) is 2.49. The number of nitrogens with two attached hydrogens (primary N) is 1. The van der Waals surface area contributed by atoms with Gasteiger partial charge in [-0.1, -0.05) is 17.3 Å². The number of ether oxygens (including phenoxy) is 1. The first-order valence-electron chi connectivity index (χ1n) is 7.07. The quantitative estimate of drug-likeness (QED) is 0.865. The molecule has 106 valence electrons. The Bertz CT molecular complexity index is 562. The van der Waals surface area contributed by atoms with E-state index in [0.29, 0.717) is 12.3 Å². The molecule has 1 aromatic heterocycles. The number of aromatic nitrogens is 2. The van der Waals surface area contributed by atoms with E-state index in [1.807, 2.05) is 24.3 Å². The Hall–Kier alpha value is -1.88. The average molecular weight is 273 g/mol. The first-order chi connectivity index (χ1) is 9.79. The monoisotopic (exact) mass is 273 g/mol. The van der Waals surface area contributed by atoms with Crippen molar-refractivity contribution in [2.24, 2.45) is 0 Å². The second kappa shape index (κ2) is 6.05. The molecule has 20 heavy (non-hydrogen) atoms. The number of nitrogens with zero attached hydrogens (tertiary/aromatic N) is 2. The number of benzene rings is 1. The Labute approximate surface area is 118 Å². The van der Waals surface area contributed by atoms with Gasteiger partial charge in [0.05, 0.1) is 12.5 Å². The molecule has 5 nitrogen and oxygen atoms in total. The minimum atomic E-state index is 0.238. The van der Waals surface area contributed by atoms with Crippen LogP contribution in [0.3, 0.4) is 0 Å². The Morgan fingerprint density at radius 3 is 3.05 bits per heavy atom. The molecule has 3 rings (SSSR count). The maximum Gasteiger partial charge on any atom is 0.231 e. The summed E-state index contributed by atoms with van der Waals surface area (Å²) >= 11 is 0. The first-order valence-corrected chi connectivity index (χ1v) is 7.07. The van der Waals surface area contributed by atoms with Crippen LogP contribution in [0, 0.1) is 0 Å². The van der Waals surface area contributed by atoms with Gasteiger partial charge in [0.2, 0.25) is 5.89 Å². The van der Waals surface area contributed by atoms with E-state index in [1.54, 1.807) is 0 Å². The van der Waals surface area contributed by atoms with E-state index >= 15 is 0 Å². The van der Waals surface area contributed by atoms with Gasteiger partial charge in [-0.25, -0.2) is 0 Å². The van der Waals surface area contributed by atoms with E-state index in [-0.39, 0.29) is 6.10 Å². The summed E-state index contributed by atoms with van der Waals surface area (Å²) in [5, 5.41) is 4.03. The highest BCUT2D eigenvalue weighted by atomic mass is 16.5. The lowest BCUT2D eigenvalue weighted by atomic mass is 10.1. The second-order valence-corrected chi connectivity index (χ2v) is 5.22. The molecule has 1 aliphatic rings. The number of anilines is 1. The Morgan fingerprint density at radius 2 is 2.25 bits per heavy atom. The minimum Gasteiger partial charge on any atom is -0.399 e. The summed E-state index contributed by atoms with van der Waals surface area (Å²) in [6.45, 7) is 0.846. The van der Waals surface area contributed by atoms with Crippen molar-refractivity contribution in [2.75, 3.05) is 12.3 Å². The summed E-state index contributed by atoms with van der Waals surface area (Å²) < 4.78 is 11.0. The van der Waals surface area contributed by atoms with Gasteiger partial charge in [-0.05, 0) is 37.0 Å². The largest absolute Gasteiger partial charge is 0.399 e. The molecule has 1 aromatic carbocycles. The third-order valence-corrected chi connectivity index (χ3v) is 3.50. The zero-order valence-corrected chi connectivity index (χ0v) is 11.4. The zero-order chi connectivity index (χ0) is 13.8. The van der Waals surface area contributed by atoms with Gasteiger partial charge >= 0.3 is 0 Å². The molecule has 2 N–H and O–H groups in total. The van der Waals surface area contributed by atoms with Crippen LogP contribution in [0.2, 0.25) is 0 Å². The van der Waals surface area contributed by atoms with Gasteiger partial charge in [-0.3, -0.25) is 0 Å². The lowest BCUT2D eigenvalue weighted by Gasteiger charge is -2.20. The topological polar surface area (TPSA) is 74.2 Å². The SMILES string of the molecule is Nc1cccc(Cc2nc(CC3CCCCO3)no2)c1. The molecular weight excluding hydrogens is 254 g/mol. The number of hydrogen-bond donors (Lipinski definition) is 1. The minimum absolute atomic E-state index is 0.238. The van der Waals surface area contributed by atoms with E-state index in [2.05, 4.69) is 10.1 Å². The van der Waals surface area contributed by atoms with Crippen molar-refractivity contribution in [3.8, 4) is 0 Å². The third kappa shape index (κ3) is 3.36. The van der Waals surface area contributed by atoms with Gasteiger partial charge in [0.1, 0.15) is 0 Å². The molecule has 1 saturated heterocycles. The van der Waals surface area contributed by atoms with E-state index in [0.717, 1.165) is 42.9 Å². The molecule has 1 atom stereocenters. The number of hydrogen-bond acceptors (Lipinski definition) is 5. The van der Waals surface area contributed by atoms with Crippen LogP contribution >= 0.6 is 0 Å². The highest BCUT2D eigenvalue weighted by Crippen LogP contribution is 2.17. The van der Waals surface area contributed by atoms with E-state index in [4.69, 9.17) is 15.0 Å². The normalized spacial score (nSPS) is 19.1. The molecule has 2 aromatic rings. The molecule has 0 radical (unpaired) electrons. The lowest BCUT2D eigenvalue weighted by molar-refractivity contribution is 0.0153. The molecule has 2 heterocycles. The third-order valence-electron chi connectivity index (χ3n) is 3.50. The molecule has 1 aliphatic heterocycles. The fourth-order valence-corrected chi connectivity index (χ4v) is 2.49. The van der Waals surface area contributed by atoms with Crippen molar-refractivity contribution in [3.63, 3.8) is 0 Å². The van der Waals surface area contributed by atoms with Crippen LogP contribution < -0.4 is 5.73 Å². The smallest absolute Gasteiger partial charge is 0.231 e. The van der Waals surface area contributed by atoms with Crippen LogP contribution in [-0.2, 0) is 17.6 Å². The molecule has 0 saturated carbocycles. The molecule has 5 heteroatoms. The molecule has 0 amide bonds. The maximum atomic E-state index is 5.76. The summed E-state index contributed by atoms with van der Waals surface area (Å²) in [6, 6.07) is 7.72. The van der Waals surface area contributed by atoms with E-state index in [9.17, 15) is 0 Å². The molecule has 0 aliphatic carbocycles. The lowest BCUT2D eigenvalue weighted by Crippen LogP contribution is -2.21. The standard InChI is InChI=1S/C15H19N3O2/c16-12-5-3-4-11(8-12)9-15-17-14(18-20-15)10-13-6-1-2-7-19-13/h3-5,8,13H,1-2,6-7,9-10,16H2. The summed E-state index contributed by atoms with van der Waals surface area (Å²) in [6.07, 6.45) is 5.05. The van der Waals surface area contributed by atoms with Gasteiger partial charge in [-0.15, -0.1) is 0 Å². The summed E-state index contributed by atoms with van der Waals surface area (Å²) in [5.74, 6) is 1.36. The highest BCUT2D eigenvalue weighted by molar-refractivity contribution is 5.41. The molecule has 0 bridgehead atoms. The average Bonchev–Trinajstić information content (AvgIpc) is 2.87. The summed E-state index contributed by atoms with van der Waals surface area (Å²) in [7, 11) is 0. The van der Waals surface area contributed by atoms with Crippen LogP contribution in [0.4, 0.5) is 5.69 Å². The zero-order valence-electron chi connectivity index (χ0n) is 11.4. The van der Waals surface area contributed by atoms with Crippen molar-refractivity contribution in [1.82, 2.24) is 10.1 Å². The number of nitrogen functional groups attached to an aromatic ring is 1. The molecule has 1 unspecified atom stereocenters. The van der Waals surface area contributed by atoms with Crippen LogP contribution in [0.25, 0.3) is 0 Å². The van der Waals surface area contributed by atoms with Crippen molar-refractivity contribution >= 4 is 5.69 Å². The van der Waals surface area contributed by atoms with Crippen LogP contribution in [0.15, 0.2) is 28.8 Å².